The number of sulfonamides is 1. The predicted molar refractivity (Wildman–Crippen MR) is 119 cm³/mol. The van der Waals surface area contributed by atoms with Gasteiger partial charge in [-0.2, -0.15) is 0 Å². The van der Waals surface area contributed by atoms with Gasteiger partial charge in [-0.1, -0.05) is 18.2 Å². The van der Waals surface area contributed by atoms with Gasteiger partial charge in [0, 0.05) is 19.5 Å². The Hall–Kier alpha value is -2.94. The van der Waals surface area contributed by atoms with Crippen LogP contribution in [0.5, 0.6) is 17.2 Å². The number of benzene rings is 2. The molecule has 9 heteroatoms. The summed E-state index contributed by atoms with van der Waals surface area (Å²) in [4.78, 5) is 12.7. The fourth-order valence-electron chi connectivity index (χ4n) is 3.51. The molecule has 1 heterocycles. The number of para-hydroxylation sites is 2. The maximum absolute atomic E-state index is 12.7. The van der Waals surface area contributed by atoms with Gasteiger partial charge in [0.25, 0.3) is 5.91 Å². The van der Waals surface area contributed by atoms with Gasteiger partial charge in [-0.3, -0.25) is 9.10 Å². The van der Waals surface area contributed by atoms with Gasteiger partial charge in [0.05, 0.1) is 26.2 Å². The fraction of sp³-hybridized carbons (Fsp3) is 0.409. The third kappa shape index (κ3) is 5.61. The van der Waals surface area contributed by atoms with Crippen LogP contribution < -0.4 is 23.8 Å². The molecule has 0 aromatic heterocycles. The van der Waals surface area contributed by atoms with Crippen LogP contribution in [0.1, 0.15) is 18.4 Å². The Morgan fingerprint density at radius 1 is 1.16 bits per heavy atom. The molecule has 1 unspecified atom stereocenters. The van der Waals surface area contributed by atoms with Crippen molar-refractivity contribution in [1.82, 2.24) is 5.32 Å². The zero-order valence-electron chi connectivity index (χ0n) is 18.0. The summed E-state index contributed by atoms with van der Waals surface area (Å²) >= 11 is 0. The highest BCUT2D eigenvalue weighted by Crippen LogP contribution is 2.33. The molecule has 2 aromatic carbocycles. The Kier molecular flexibility index (Phi) is 7.27. The minimum absolute atomic E-state index is 0.180. The van der Waals surface area contributed by atoms with Crippen LogP contribution in [0.4, 0.5) is 5.69 Å². The molecule has 0 saturated heterocycles. The van der Waals surface area contributed by atoms with Crippen LogP contribution in [-0.4, -0.2) is 54.0 Å². The number of hydrogen-bond acceptors (Lipinski definition) is 6. The lowest BCUT2D eigenvalue weighted by Crippen LogP contribution is -2.40. The van der Waals surface area contributed by atoms with E-state index in [1.807, 2.05) is 18.2 Å². The number of rotatable bonds is 8. The second-order valence-electron chi connectivity index (χ2n) is 7.28. The standard InChI is InChI=1S/C22H28N2O6S/c1-28-19-11-10-16(15-21(19)29-2)7-6-13-23-22(25)20-12-14-24(31(3,26)27)17-8-4-5-9-18(17)30-20/h4-5,8-11,15,20H,6-7,12-14H2,1-3H3,(H,23,25). The largest absolute Gasteiger partial charge is 0.493 e. The van der Waals surface area contributed by atoms with E-state index in [4.69, 9.17) is 14.2 Å². The molecule has 0 saturated carbocycles. The lowest BCUT2D eigenvalue weighted by atomic mass is 10.1. The van der Waals surface area contributed by atoms with Gasteiger partial charge in [0.2, 0.25) is 10.0 Å². The quantitative estimate of drug-likeness (QED) is 0.623. The molecule has 8 nitrogen and oxygen atoms in total. The zero-order chi connectivity index (χ0) is 22.4. The minimum Gasteiger partial charge on any atom is -0.493 e. The molecule has 1 amide bonds. The van der Waals surface area contributed by atoms with Crippen molar-refractivity contribution in [3.05, 3.63) is 48.0 Å². The molecule has 0 fully saturated rings. The second kappa shape index (κ2) is 9.91. The SMILES string of the molecule is COc1ccc(CCCNC(=O)C2CCN(S(C)(=O)=O)c3ccccc3O2)cc1OC. The first-order valence-corrected chi connectivity index (χ1v) is 11.9. The van der Waals surface area contributed by atoms with Gasteiger partial charge in [-0.15, -0.1) is 0 Å². The molecule has 0 spiro atoms. The Morgan fingerprint density at radius 2 is 1.90 bits per heavy atom. The lowest BCUT2D eigenvalue weighted by molar-refractivity contribution is -0.128. The van der Waals surface area contributed by atoms with Gasteiger partial charge < -0.3 is 19.5 Å². The van der Waals surface area contributed by atoms with E-state index in [0.717, 1.165) is 24.7 Å². The highest BCUT2D eigenvalue weighted by Gasteiger charge is 2.30. The highest BCUT2D eigenvalue weighted by atomic mass is 32.2. The number of carbonyl (C=O) groups excluding carboxylic acids is 1. The van der Waals surface area contributed by atoms with Crippen molar-refractivity contribution in [2.45, 2.75) is 25.4 Å². The van der Waals surface area contributed by atoms with E-state index >= 15 is 0 Å². The summed E-state index contributed by atoms with van der Waals surface area (Å²) in [6.45, 7) is 0.657. The van der Waals surface area contributed by atoms with Gasteiger partial charge in [0.1, 0.15) is 5.75 Å². The number of methoxy groups -OCH3 is 2. The van der Waals surface area contributed by atoms with E-state index in [2.05, 4.69) is 5.32 Å². The van der Waals surface area contributed by atoms with E-state index < -0.39 is 16.1 Å². The number of ether oxygens (including phenoxy) is 3. The minimum atomic E-state index is -3.47. The molecule has 0 bridgehead atoms. The highest BCUT2D eigenvalue weighted by molar-refractivity contribution is 7.92. The summed E-state index contributed by atoms with van der Waals surface area (Å²) < 4.78 is 42.0. The molecule has 1 aliphatic rings. The fourth-order valence-corrected chi connectivity index (χ4v) is 4.46. The van der Waals surface area contributed by atoms with Crippen LogP contribution in [0.3, 0.4) is 0 Å². The summed E-state index contributed by atoms with van der Waals surface area (Å²) in [6.07, 6.45) is 2.16. The Balaban J connectivity index is 1.57. The van der Waals surface area contributed by atoms with Crippen LogP contribution in [0.15, 0.2) is 42.5 Å². The zero-order valence-corrected chi connectivity index (χ0v) is 18.8. The molecule has 2 aromatic rings. The van der Waals surface area contributed by atoms with Crippen molar-refractivity contribution in [2.75, 3.05) is 37.9 Å². The van der Waals surface area contributed by atoms with Crippen molar-refractivity contribution < 1.29 is 27.4 Å². The molecule has 1 atom stereocenters. The molecule has 31 heavy (non-hydrogen) atoms. The molecular weight excluding hydrogens is 420 g/mol. The van der Waals surface area contributed by atoms with Crippen LogP contribution in [0.25, 0.3) is 0 Å². The first kappa shape index (κ1) is 22.7. The normalized spacial score (nSPS) is 16.0. The van der Waals surface area contributed by atoms with Crippen LogP contribution in [0, 0.1) is 0 Å². The van der Waals surface area contributed by atoms with E-state index in [1.54, 1.807) is 38.5 Å². The topological polar surface area (TPSA) is 94.2 Å². The van der Waals surface area contributed by atoms with Gasteiger partial charge >= 0.3 is 0 Å². The van der Waals surface area contributed by atoms with Crippen molar-refractivity contribution >= 4 is 21.6 Å². The number of anilines is 1. The van der Waals surface area contributed by atoms with Gasteiger partial charge in [-0.25, -0.2) is 8.42 Å². The van der Waals surface area contributed by atoms with Crippen LogP contribution in [-0.2, 0) is 21.2 Å². The van der Waals surface area contributed by atoms with E-state index in [1.165, 1.54) is 4.31 Å². The Morgan fingerprint density at radius 3 is 2.61 bits per heavy atom. The van der Waals surface area contributed by atoms with Crippen LogP contribution in [0.2, 0.25) is 0 Å². The van der Waals surface area contributed by atoms with Crippen molar-refractivity contribution in [3.63, 3.8) is 0 Å². The monoisotopic (exact) mass is 448 g/mol. The van der Waals surface area contributed by atoms with E-state index in [9.17, 15) is 13.2 Å². The van der Waals surface area contributed by atoms with Crippen molar-refractivity contribution in [2.24, 2.45) is 0 Å². The average Bonchev–Trinajstić information content (AvgIpc) is 2.96. The van der Waals surface area contributed by atoms with Crippen LogP contribution >= 0.6 is 0 Å². The summed E-state index contributed by atoms with van der Waals surface area (Å²) in [5, 5.41) is 2.90. The summed E-state index contributed by atoms with van der Waals surface area (Å²) in [7, 11) is -0.283. The number of carbonyl (C=O) groups is 1. The summed E-state index contributed by atoms with van der Waals surface area (Å²) in [5.41, 5.74) is 1.53. The number of amides is 1. The first-order chi connectivity index (χ1) is 14.8. The number of hydrogen-bond donors (Lipinski definition) is 1. The lowest BCUT2D eigenvalue weighted by Gasteiger charge is -2.20. The average molecular weight is 449 g/mol. The maximum Gasteiger partial charge on any atom is 0.261 e. The molecule has 168 valence electrons. The molecule has 1 N–H and O–H groups in total. The first-order valence-electron chi connectivity index (χ1n) is 10.1. The van der Waals surface area contributed by atoms with Gasteiger partial charge in [-0.05, 0) is 42.7 Å². The summed E-state index contributed by atoms with van der Waals surface area (Å²) in [5.74, 6) is 1.48. The van der Waals surface area contributed by atoms with Gasteiger partial charge in [0.15, 0.2) is 17.6 Å². The number of fused-ring (bicyclic) bond motifs is 1. The third-order valence-corrected chi connectivity index (χ3v) is 6.26. The van der Waals surface area contributed by atoms with Crippen molar-refractivity contribution in [1.29, 1.82) is 0 Å². The third-order valence-electron chi connectivity index (χ3n) is 5.08. The smallest absolute Gasteiger partial charge is 0.261 e. The molecule has 1 aliphatic heterocycles. The van der Waals surface area contributed by atoms with E-state index in [0.29, 0.717) is 29.5 Å². The molecule has 3 rings (SSSR count). The second-order valence-corrected chi connectivity index (χ2v) is 9.19. The maximum atomic E-state index is 12.7. The van der Waals surface area contributed by atoms with E-state index in [-0.39, 0.29) is 18.9 Å². The number of nitrogens with one attached hydrogen (secondary N) is 1. The molecular formula is C22H28N2O6S. The Labute approximate surface area is 183 Å². The Bertz CT molecular complexity index is 1020. The number of aryl methyl sites for hydroxylation is 1. The van der Waals surface area contributed by atoms with Crippen molar-refractivity contribution in [3.8, 4) is 17.2 Å². The predicted octanol–water partition coefficient (Wildman–Crippen LogP) is 2.37. The number of nitrogens with zero attached hydrogens (tertiary/aromatic N) is 1. The molecule has 0 aliphatic carbocycles. The molecule has 0 radical (unpaired) electrons. The summed E-state index contributed by atoms with van der Waals surface area (Å²) in [6, 6.07) is 12.6.